The number of alkyl halides is 3. The zero-order valence-electron chi connectivity index (χ0n) is 26.5. The number of nitrogens with one attached hydrogen (secondary N) is 2. The Balaban J connectivity index is 1.37. The molecule has 1 aliphatic heterocycles. The van der Waals surface area contributed by atoms with Crippen LogP contribution in [0.15, 0.2) is 58.3 Å². The number of aryl methyl sites for hydroxylation is 1. The van der Waals surface area contributed by atoms with Gasteiger partial charge in [-0.15, -0.1) is 0 Å². The predicted molar refractivity (Wildman–Crippen MR) is 181 cm³/mol. The second-order valence-corrected chi connectivity index (χ2v) is 12.1. The van der Waals surface area contributed by atoms with E-state index in [1.54, 1.807) is 36.5 Å². The van der Waals surface area contributed by atoms with Crippen molar-refractivity contribution in [3.05, 3.63) is 90.9 Å². The first-order chi connectivity index (χ1) is 23.4. The Morgan fingerprint density at radius 3 is 2.35 bits per heavy atom. The van der Waals surface area contributed by atoms with Gasteiger partial charge in [0.25, 0.3) is 5.56 Å². The third-order valence-electron chi connectivity index (χ3n) is 8.34. The maximum Gasteiger partial charge on any atom is 0.433 e. The van der Waals surface area contributed by atoms with Crippen LogP contribution in [0.1, 0.15) is 24.2 Å². The van der Waals surface area contributed by atoms with Gasteiger partial charge in [-0.3, -0.25) is 18.9 Å². The first-order valence-corrected chi connectivity index (χ1v) is 15.9. The van der Waals surface area contributed by atoms with Crippen molar-refractivity contribution in [3.63, 3.8) is 0 Å². The van der Waals surface area contributed by atoms with E-state index in [4.69, 9.17) is 32.7 Å². The van der Waals surface area contributed by atoms with Crippen LogP contribution < -0.4 is 26.6 Å². The van der Waals surface area contributed by atoms with Gasteiger partial charge in [0.15, 0.2) is 0 Å². The summed E-state index contributed by atoms with van der Waals surface area (Å²) in [5.41, 5.74) is -0.453. The Morgan fingerprint density at radius 1 is 0.980 bits per heavy atom. The summed E-state index contributed by atoms with van der Waals surface area (Å²) in [6, 6.07) is 11.1. The van der Waals surface area contributed by atoms with Gasteiger partial charge >= 0.3 is 11.9 Å². The molecule has 0 unspecified atom stereocenters. The lowest BCUT2D eigenvalue weighted by atomic mass is 10.0. The molecular weight excluding hydrogens is 686 g/mol. The summed E-state index contributed by atoms with van der Waals surface area (Å²) in [6.07, 6.45) is -1.46. The number of fused-ring (bicyclic) bond motifs is 1. The Morgan fingerprint density at radius 2 is 1.65 bits per heavy atom. The number of benzene rings is 2. The molecular formula is C33H30Cl2F3N7O4. The van der Waals surface area contributed by atoms with Crippen LogP contribution in [0.25, 0.3) is 33.3 Å². The minimum absolute atomic E-state index is 0.0914. The average molecular weight is 717 g/mol. The molecule has 2 N–H and O–H groups in total. The summed E-state index contributed by atoms with van der Waals surface area (Å²) >= 11 is 13.8. The van der Waals surface area contributed by atoms with Crippen LogP contribution in [0, 0.1) is 0 Å². The Bertz CT molecular complexity index is 2180. The summed E-state index contributed by atoms with van der Waals surface area (Å²) in [4.78, 5) is 38.7. The maximum absolute atomic E-state index is 13.9. The number of hydrogen-bond acceptors (Lipinski definition) is 9. The lowest BCUT2D eigenvalue weighted by Gasteiger charge is -2.23. The summed E-state index contributed by atoms with van der Waals surface area (Å²) in [5, 5.41) is 6.44. The monoisotopic (exact) mass is 715 g/mol. The van der Waals surface area contributed by atoms with Crippen LogP contribution in [-0.2, 0) is 31.6 Å². The van der Waals surface area contributed by atoms with Crippen LogP contribution in [0.4, 0.5) is 24.7 Å². The zero-order chi connectivity index (χ0) is 35.0. The Kier molecular flexibility index (Phi) is 9.67. The second-order valence-electron chi connectivity index (χ2n) is 11.4. The Labute approximate surface area is 287 Å². The molecule has 3 aromatic heterocycles. The molecule has 5 aromatic rings. The van der Waals surface area contributed by atoms with Gasteiger partial charge < -0.3 is 20.1 Å². The van der Waals surface area contributed by atoms with E-state index >= 15 is 0 Å². The number of pyridine rings is 1. The van der Waals surface area contributed by atoms with Gasteiger partial charge in [-0.1, -0.05) is 53.5 Å². The van der Waals surface area contributed by atoms with E-state index in [0.717, 1.165) is 22.0 Å². The SMILES string of the molecule is COc1nc(-c2cccc(-c3cccc(Nc4nc(C(F)(F)F)cc5c4c(=O)n(C)c(=O)n5C)c3Cl)c2Cl)cnc1CNC1CCOCC1. The van der Waals surface area contributed by atoms with Crippen molar-refractivity contribution in [2.24, 2.45) is 14.1 Å². The lowest BCUT2D eigenvalue weighted by molar-refractivity contribution is -0.141. The van der Waals surface area contributed by atoms with E-state index < -0.39 is 28.9 Å². The number of halogens is 5. The zero-order valence-corrected chi connectivity index (χ0v) is 28.0. The number of aromatic nitrogens is 5. The molecule has 1 aliphatic rings. The molecule has 1 saturated heterocycles. The highest BCUT2D eigenvalue weighted by molar-refractivity contribution is 6.39. The van der Waals surface area contributed by atoms with Gasteiger partial charge in [0.1, 0.15) is 22.6 Å². The number of anilines is 2. The number of ether oxygens (including phenoxy) is 2. The van der Waals surface area contributed by atoms with Crippen molar-refractivity contribution >= 4 is 45.6 Å². The molecule has 0 amide bonds. The number of rotatable bonds is 8. The van der Waals surface area contributed by atoms with Gasteiger partial charge in [-0.25, -0.2) is 14.8 Å². The Hall–Kier alpha value is -4.50. The van der Waals surface area contributed by atoms with E-state index in [9.17, 15) is 22.8 Å². The fourth-order valence-corrected chi connectivity index (χ4v) is 6.28. The highest BCUT2D eigenvalue weighted by Crippen LogP contribution is 2.42. The molecule has 0 atom stereocenters. The maximum atomic E-state index is 13.9. The van der Waals surface area contributed by atoms with Crippen molar-refractivity contribution in [1.29, 1.82) is 0 Å². The number of hydrogen-bond donors (Lipinski definition) is 2. The van der Waals surface area contributed by atoms with Gasteiger partial charge in [0.2, 0.25) is 5.88 Å². The van der Waals surface area contributed by atoms with Crippen molar-refractivity contribution < 1.29 is 22.6 Å². The van der Waals surface area contributed by atoms with E-state index in [1.807, 2.05) is 0 Å². The molecule has 0 bridgehead atoms. The predicted octanol–water partition coefficient (Wildman–Crippen LogP) is 6.10. The average Bonchev–Trinajstić information content (AvgIpc) is 3.09. The summed E-state index contributed by atoms with van der Waals surface area (Å²) in [5.74, 6) is -0.0825. The molecule has 1 fully saturated rings. The van der Waals surface area contributed by atoms with Crippen LogP contribution >= 0.6 is 23.2 Å². The third kappa shape index (κ3) is 6.73. The molecule has 4 heterocycles. The minimum Gasteiger partial charge on any atom is -0.480 e. The van der Waals surface area contributed by atoms with E-state index in [2.05, 4.69) is 25.6 Å². The van der Waals surface area contributed by atoms with Gasteiger partial charge in [0, 0.05) is 56.6 Å². The van der Waals surface area contributed by atoms with Gasteiger partial charge in [-0.2, -0.15) is 13.2 Å². The standard InChI is InChI=1S/C33H30Cl2F3N7O4/c1-44-24-14-25(33(36,37)38)43-29(26(24)31(46)45(2)32(44)47)41-21-9-5-7-19(28(21)35)18-6-4-8-20(27(18)34)22-15-40-23(30(42-22)48-3)16-39-17-10-12-49-13-11-17/h4-9,14-15,17,39H,10-13,16H2,1-3H3,(H,41,43). The quantitative estimate of drug-likeness (QED) is 0.196. The van der Waals surface area contributed by atoms with E-state index in [-0.39, 0.29) is 26.6 Å². The molecule has 0 aliphatic carbocycles. The summed E-state index contributed by atoms with van der Waals surface area (Å²) < 4.78 is 54.4. The van der Waals surface area contributed by atoms with Crippen LogP contribution in [0.5, 0.6) is 5.88 Å². The summed E-state index contributed by atoms with van der Waals surface area (Å²) in [7, 11) is 4.01. The second kappa shape index (κ2) is 13.8. The van der Waals surface area contributed by atoms with Crippen molar-refractivity contribution in [2.45, 2.75) is 31.6 Å². The first-order valence-electron chi connectivity index (χ1n) is 15.1. The smallest absolute Gasteiger partial charge is 0.433 e. The van der Waals surface area contributed by atoms with Crippen molar-refractivity contribution in [1.82, 2.24) is 29.4 Å². The molecule has 256 valence electrons. The van der Waals surface area contributed by atoms with Gasteiger partial charge in [0.05, 0.1) is 40.2 Å². The van der Waals surface area contributed by atoms with Crippen molar-refractivity contribution in [3.8, 4) is 28.3 Å². The van der Waals surface area contributed by atoms with E-state index in [0.29, 0.717) is 65.8 Å². The van der Waals surface area contributed by atoms with Crippen LogP contribution in [0.3, 0.4) is 0 Å². The van der Waals surface area contributed by atoms with Gasteiger partial charge in [-0.05, 0) is 25.0 Å². The fourth-order valence-electron chi connectivity index (χ4n) is 5.68. The molecule has 2 aromatic carbocycles. The number of nitrogens with zero attached hydrogens (tertiary/aromatic N) is 5. The molecule has 49 heavy (non-hydrogen) atoms. The molecule has 0 saturated carbocycles. The summed E-state index contributed by atoms with van der Waals surface area (Å²) in [6.45, 7) is 1.87. The largest absolute Gasteiger partial charge is 0.480 e. The molecule has 0 radical (unpaired) electrons. The van der Waals surface area contributed by atoms with Crippen LogP contribution in [0.2, 0.25) is 10.0 Å². The highest BCUT2D eigenvalue weighted by atomic mass is 35.5. The molecule has 0 spiro atoms. The highest BCUT2D eigenvalue weighted by Gasteiger charge is 2.34. The normalized spacial score (nSPS) is 14.0. The third-order valence-corrected chi connectivity index (χ3v) is 9.16. The molecule has 16 heteroatoms. The van der Waals surface area contributed by atoms with E-state index in [1.165, 1.54) is 27.3 Å². The fraction of sp³-hybridized carbons (Fsp3) is 0.303. The topological polar surface area (TPSA) is 125 Å². The van der Waals surface area contributed by atoms with Crippen LogP contribution in [-0.4, -0.2) is 50.5 Å². The van der Waals surface area contributed by atoms with Crippen molar-refractivity contribution in [2.75, 3.05) is 25.6 Å². The number of methoxy groups -OCH3 is 1. The molecule has 11 nitrogen and oxygen atoms in total. The first kappa shape index (κ1) is 34.4. The minimum atomic E-state index is -4.87. The lowest BCUT2D eigenvalue weighted by Crippen LogP contribution is -2.37. The molecule has 6 rings (SSSR count).